The van der Waals surface area contributed by atoms with Gasteiger partial charge in [0, 0.05) is 6.92 Å². The van der Waals surface area contributed by atoms with Crippen LogP contribution < -0.4 is 5.32 Å². The normalized spacial score (nSPS) is 32.4. The first kappa shape index (κ1) is 12.8. The van der Waals surface area contributed by atoms with Crippen molar-refractivity contribution in [2.45, 2.75) is 30.1 Å². The second kappa shape index (κ2) is 3.94. The summed E-state index contributed by atoms with van der Waals surface area (Å²) in [6, 6.07) is -1.30. The van der Waals surface area contributed by atoms with Crippen molar-refractivity contribution in [1.29, 1.82) is 0 Å². The first-order chi connectivity index (χ1) is 8.30. The van der Waals surface area contributed by atoms with Gasteiger partial charge in [0.05, 0.1) is 13.5 Å². The Morgan fingerprint density at radius 1 is 1.44 bits per heavy atom. The van der Waals surface area contributed by atoms with E-state index in [1.165, 1.54) is 0 Å². The summed E-state index contributed by atoms with van der Waals surface area (Å²) in [7, 11) is -2.69. The average molecular weight is 276 g/mol. The fourth-order valence-corrected chi connectivity index (χ4v) is 4.43. The zero-order valence-corrected chi connectivity index (χ0v) is 10.6. The molecule has 0 aromatic rings. The molecule has 2 rings (SSSR count). The van der Waals surface area contributed by atoms with E-state index in [1.807, 2.05) is 0 Å². The second-order valence-corrected chi connectivity index (χ2v) is 6.37. The lowest BCUT2D eigenvalue weighted by molar-refractivity contribution is -0.158. The third-order valence-corrected chi connectivity index (χ3v) is 5.29. The molecule has 2 heterocycles. The van der Waals surface area contributed by atoms with Crippen LogP contribution in [0.5, 0.6) is 0 Å². The van der Waals surface area contributed by atoms with Crippen LogP contribution in [0.2, 0.25) is 0 Å². The Bertz CT molecular complexity index is 527. The molecule has 0 radical (unpaired) electrons. The van der Waals surface area contributed by atoms with E-state index in [4.69, 9.17) is 0 Å². The number of ether oxygens (including phenoxy) is 1. The minimum atomic E-state index is -3.79. The van der Waals surface area contributed by atoms with Crippen molar-refractivity contribution in [3.8, 4) is 0 Å². The van der Waals surface area contributed by atoms with Crippen molar-refractivity contribution >= 4 is 27.6 Å². The van der Waals surface area contributed by atoms with Crippen LogP contribution in [-0.2, 0) is 29.0 Å². The Balaban J connectivity index is 2.42. The molecule has 100 valence electrons. The number of hydrogen-bond donors (Lipinski definition) is 1. The molecule has 0 spiro atoms. The summed E-state index contributed by atoms with van der Waals surface area (Å²) < 4.78 is 28.6. The molecule has 2 saturated heterocycles. The highest BCUT2D eigenvalue weighted by Gasteiger charge is 2.64. The number of sulfone groups is 1. The number of methoxy groups -OCH3 is 1. The van der Waals surface area contributed by atoms with Gasteiger partial charge >= 0.3 is 5.97 Å². The Hall–Kier alpha value is -1.64. The average Bonchev–Trinajstić information content (AvgIpc) is 2.44. The Morgan fingerprint density at radius 2 is 2.06 bits per heavy atom. The molecule has 2 fully saturated rings. The zero-order valence-electron chi connectivity index (χ0n) is 9.74. The molecule has 2 amide bonds. The molecule has 8 nitrogen and oxygen atoms in total. The number of fused-ring (bicyclic) bond motifs is 1. The van der Waals surface area contributed by atoms with Gasteiger partial charge in [-0.3, -0.25) is 9.59 Å². The monoisotopic (exact) mass is 276 g/mol. The molecule has 2 aliphatic heterocycles. The summed E-state index contributed by atoms with van der Waals surface area (Å²) in [6.45, 7) is 1.14. The molecular weight excluding hydrogens is 264 g/mol. The van der Waals surface area contributed by atoms with E-state index in [1.54, 1.807) is 0 Å². The van der Waals surface area contributed by atoms with Crippen LogP contribution in [0.15, 0.2) is 0 Å². The van der Waals surface area contributed by atoms with E-state index in [0.29, 0.717) is 0 Å². The van der Waals surface area contributed by atoms with Crippen LogP contribution in [-0.4, -0.2) is 55.0 Å². The maximum absolute atomic E-state index is 12.0. The second-order valence-electron chi connectivity index (χ2n) is 4.14. The van der Waals surface area contributed by atoms with E-state index >= 15 is 0 Å². The van der Waals surface area contributed by atoms with E-state index in [0.717, 1.165) is 18.9 Å². The standard InChI is InChI=1S/C9H12N2O6S/c1-4(12)10-8-7(9(14)17-2)11-5(13)3-6(11)18(8,15)16/h6-8H,3H2,1-2H3,(H,10,12)/t6-,7?,8?/m1/s1. The summed E-state index contributed by atoms with van der Waals surface area (Å²) >= 11 is 0. The highest BCUT2D eigenvalue weighted by molar-refractivity contribution is 7.93. The first-order valence-corrected chi connectivity index (χ1v) is 6.80. The quantitative estimate of drug-likeness (QED) is 0.460. The summed E-state index contributed by atoms with van der Waals surface area (Å²) in [5.41, 5.74) is 0. The third kappa shape index (κ3) is 1.57. The lowest BCUT2D eigenvalue weighted by Crippen LogP contribution is -2.57. The third-order valence-electron chi connectivity index (χ3n) is 3.06. The highest BCUT2D eigenvalue weighted by atomic mass is 32.2. The molecule has 0 bridgehead atoms. The van der Waals surface area contributed by atoms with Crippen LogP contribution in [0, 0.1) is 0 Å². The van der Waals surface area contributed by atoms with Gasteiger partial charge in [-0.15, -0.1) is 0 Å². The van der Waals surface area contributed by atoms with Gasteiger partial charge < -0.3 is 15.0 Å². The van der Waals surface area contributed by atoms with Crippen LogP contribution in [0.3, 0.4) is 0 Å². The van der Waals surface area contributed by atoms with Crippen molar-refractivity contribution in [3.05, 3.63) is 0 Å². The SMILES string of the molecule is COC(=O)C1C(NC(C)=O)S(=O)(=O)[C@@H]2CC(=O)N12. The number of carbonyl (C=O) groups is 3. The van der Waals surface area contributed by atoms with Gasteiger partial charge in [-0.05, 0) is 0 Å². The Kier molecular flexibility index (Phi) is 2.80. The van der Waals surface area contributed by atoms with Gasteiger partial charge in [0.15, 0.2) is 21.3 Å². The van der Waals surface area contributed by atoms with E-state index in [2.05, 4.69) is 10.1 Å². The number of hydrogen-bond acceptors (Lipinski definition) is 6. The van der Waals surface area contributed by atoms with Gasteiger partial charge in [-0.1, -0.05) is 0 Å². The summed E-state index contributed by atoms with van der Waals surface area (Å²) in [6.07, 6.45) is -0.161. The lowest BCUT2D eigenvalue weighted by Gasteiger charge is -2.35. The molecule has 0 aliphatic carbocycles. The number of esters is 1. The number of nitrogens with zero attached hydrogens (tertiary/aromatic N) is 1. The first-order valence-electron chi connectivity index (χ1n) is 5.19. The molecule has 18 heavy (non-hydrogen) atoms. The van der Waals surface area contributed by atoms with Crippen molar-refractivity contribution < 1.29 is 27.5 Å². The molecule has 2 unspecified atom stereocenters. The number of carbonyl (C=O) groups excluding carboxylic acids is 3. The minimum Gasteiger partial charge on any atom is -0.467 e. The van der Waals surface area contributed by atoms with Crippen LogP contribution in [0.25, 0.3) is 0 Å². The Labute approximate surface area is 103 Å². The fraction of sp³-hybridized carbons (Fsp3) is 0.667. The van der Waals surface area contributed by atoms with Crippen molar-refractivity contribution in [3.63, 3.8) is 0 Å². The highest BCUT2D eigenvalue weighted by Crippen LogP contribution is 2.38. The summed E-state index contributed by atoms with van der Waals surface area (Å²) in [5, 5.41) is -0.271. The summed E-state index contributed by atoms with van der Waals surface area (Å²) in [4.78, 5) is 35.0. The largest absolute Gasteiger partial charge is 0.467 e. The van der Waals surface area contributed by atoms with Crippen molar-refractivity contribution in [2.24, 2.45) is 0 Å². The molecule has 0 saturated carbocycles. The summed E-state index contributed by atoms with van der Waals surface area (Å²) in [5.74, 6) is -1.88. The predicted octanol–water partition coefficient (Wildman–Crippen LogP) is -2.02. The molecule has 9 heteroatoms. The van der Waals surface area contributed by atoms with Gasteiger partial charge in [-0.2, -0.15) is 0 Å². The Morgan fingerprint density at radius 3 is 2.50 bits per heavy atom. The number of nitrogens with one attached hydrogen (secondary N) is 1. The minimum absolute atomic E-state index is 0.161. The molecular formula is C9H12N2O6S. The predicted molar refractivity (Wildman–Crippen MR) is 57.6 cm³/mol. The van der Waals surface area contributed by atoms with E-state index in [-0.39, 0.29) is 6.42 Å². The zero-order chi connectivity index (χ0) is 13.7. The molecule has 2 aliphatic rings. The fourth-order valence-electron chi connectivity index (χ4n) is 2.22. The number of amides is 2. The van der Waals surface area contributed by atoms with Gasteiger partial charge in [0.1, 0.15) is 5.37 Å². The topological polar surface area (TPSA) is 110 Å². The van der Waals surface area contributed by atoms with Crippen LogP contribution in [0.1, 0.15) is 13.3 Å². The number of β-lactam (4-membered cyclic amide) rings is 1. The van der Waals surface area contributed by atoms with E-state index in [9.17, 15) is 22.8 Å². The maximum atomic E-state index is 12.0. The van der Waals surface area contributed by atoms with Crippen molar-refractivity contribution in [1.82, 2.24) is 10.2 Å². The van der Waals surface area contributed by atoms with Crippen LogP contribution in [0.4, 0.5) is 0 Å². The molecule has 3 atom stereocenters. The molecule has 0 aromatic heterocycles. The van der Waals surface area contributed by atoms with Gasteiger partial charge in [0.25, 0.3) is 0 Å². The van der Waals surface area contributed by atoms with Gasteiger partial charge in [-0.25, -0.2) is 13.2 Å². The maximum Gasteiger partial charge on any atom is 0.331 e. The van der Waals surface area contributed by atoms with E-state index < -0.39 is 44.4 Å². The molecule has 0 aromatic carbocycles. The smallest absolute Gasteiger partial charge is 0.331 e. The van der Waals surface area contributed by atoms with Gasteiger partial charge in [0.2, 0.25) is 11.8 Å². The van der Waals surface area contributed by atoms with Crippen molar-refractivity contribution in [2.75, 3.05) is 7.11 Å². The lowest BCUT2D eigenvalue weighted by atomic mass is 10.1. The molecule has 1 N–H and O–H groups in total. The number of rotatable bonds is 2. The van der Waals surface area contributed by atoms with Crippen LogP contribution >= 0.6 is 0 Å².